The number of halogens is 2. The Morgan fingerprint density at radius 2 is 1.54 bits per heavy atom. The molecule has 0 spiro atoms. The van der Waals surface area contributed by atoms with E-state index in [1.807, 2.05) is 4.57 Å². The number of amides is 2. The molecule has 12 heteroatoms. The van der Waals surface area contributed by atoms with E-state index >= 15 is 0 Å². The smallest absolute Gasteiger partial charge is 0.550 e. The first-order chi connectivity index (χ1) is 27.0. The SMILES string of the molecule is CC(C)CN1C[C@@H]2CCCC[C@@H]2N2C(=O)c3c(CCCCCCCC/C=C\CCCCCCCC(=O)[O-])c(=O)c(C(=O)NCc4ccc(F)cc4F)cn3C[C@@H]12.[Na+]. The molecule has 1 aromatic heterocycles. The van der Waals surface area contributed by atoms with Gasteiger partial charge in [0.15, 0.2) is 5.43 Å². The van der Waals surface area contributed by atoms with Gasteiger partial charge < -0.3 is 24.7 Å². The molecule has 0 bridgehead atoms. The van der Waals surface area contributed by atoms with Gasteiger partial charge in [-0.25, -0.2) is 8.78 Å². The van der Waals surface area contributed by atoms with Crippen molar-refractivity contribution >= 4 is 17.8 Å². The summed E-state index contributed by atoms with van der Waals surface area (Å²) in [5.41, 5.74) is 0.413. The Labute approximate surface area is 360 Å². The average molecular weight is 801 g/mol. The van der Waals surface area contributed by atoms with Gasteiger partial charge in [-0.1, -0.05) is 89.9 Å². The number of fused-ring (bicyclic) bond motifs is 4. The minimum absolute atomic E-state index is 0. The van der Waals surface area contributed by atoms with Crippen LogP contribution in [0.25, 0.3) is 0 Å². The van der Waals surface area contributed by atoms with Crippen LogP contribution in [0.15, 0.2) is 41.3 Å². The van der Waals surface area contributed by atoms with Crippen LogP contribution in [-0.2, 0) is 24.3 Å². The van der Waals surface area contributed by atoms with Crippen LogP contribution in [0.2, 0.25) is 0 Å². The average Bonchev–Trinajstić information content (AvgIpc) is 3.16. The summed E-state index contributed by atoms with van der Waals surface area (Å²) in [4.78, 5) is 57.5. The minimum atomic E-state index is -0.964. The van der Waals surface area contributed by atoms with Gasteiger partial charge in [0.25, 0.3) is 11.8 Å². The summed E-state index contributed by atoms with van der Waals surface area (Å²) in [5, 5.41) is 13.2. The number of unbranched alkanes of at least 4 members (excludes halogenated alkanes) is 11. The number of carbonyl (C=O) groups is 3. The topological polar surface area (TPSA) is 115 Å². The molecule has 3 aliphatic rings. The molecule has 2 aromatic rings. The molecule has 57 heavy (non-hydrogen) atoms. The number of rotatable bonds is 22. The number of benzene rings is 1. The van der Waals surface area contributed by atoms with E-state index in [2.05, 4.69) is 41.1 Å². The molecule has 1 saturated heterocycles. The summed E-state index contributed by atoms with van der Waals surface area (Å²) < 4.78 is 29.8. The van der Waals surface area contributed by atoms with Gasteiger partial charge in [-0.3, -0.25) is 19.3 Å². The van der Waals surface area contributed by atoms with Gasteiger partial charge in [0, 0.05) is 55.0 Å². The van der Waals surface area contributed by atoms with Crippen molar-refractivity contribution in [2.45, 2.75) is 161 Å². The summed E-state index contributed by atoms with van der Waals surface area (Å²) >= 11 is 0. The second kappa shape index (κ2) is 23.7. The monoisotopic (exact) mass is 800 g/mol. The Bertz CT molecular complexity index is 1730. The molecule has 2 fully saturated rings. The number of aliphatic carboxylic acids is 1. The van der Waals surface area contributed by atoms with Gasteiger partial charge in [0.2, 0.25) is 0 Å². The minimum Gasteiger partial charge on any atom is -0.550 e. The second-order valence-electron chi connectivity index (χ2n) is 16.7. The third kappa shape index (κ3) is 13.3. The van der Waals surface area contributed by atoms with Crippen molar-refractivity contribution in [3.63, 3.8) is 0 Å². The van der Waals surface area contributed by atoms with Crippen LogP contribution in [0.5, 0.6) is 0 Å². The molecule has 5 rings (SSSR count). The number of hydrogen-bond donors (Lipinski definition) is 1. The standard InChI is InChI=1S/C45H64F2N4O5.Na/c1-32(2)28-49-29-34-20-18-19-22-39(34)51-40(49)31-50-30-37(44(55)48-27-33-24-25-35(46)26-38(33)47)43(54)36(42(50)45(51)56)21-16-14-12-10-8-6-4-3-5-7-9-11-13-15-17-23-41(52)53;/h3,5,24-26,30,32,34,39-40H,4,6-23,27-29,31H2,1-2H3,(H,48,55)(H,52,53);/q;+1/p-1/b5-3-;/t34-,39-,40-;/m0./s1. The molecule has 9 nitrogen and oxygen atoms in total. The first-order valence-corrected chi connectivity index (χ1v) is 21.4. The number of aromatic nitrogens is 1. The fourth-order valence-corrected chi connectivity index (χ4v) is 9.06. The maximum Gasteiger partial charge on any atom is 1.00 e. The molecular formula is C45H63F2N4NaO5. The zero-order valence-corrected chi connectivity index (χ0v) is 36.7. The summed E-state index contributed by atoms with van der Waals surface area (Å²) in [7, 11) is 0. The molecule has 308 valence electrons. The van der Waals surface area contributed by atoms with Crippen LogP contribution in [0, 0.1) is 23.5 Å². The van der Waals surface area contributed by atoms with E-state index in [9.17, 15) is 33.1 Å². The predicted octanol–water partition coefficient (Wildman–Crippen LogP) is 4.68. The van der Waals surface area contributed by atoms with E-state index in [0.717, 1.165) is 122 Å². The van der Waals surface area contributed by atoms with Crippen molar-refractivity contribution < 1.29 is 57.8 Å². The Balaban J connectivity index is 0.00000720. The fraction of sp³-hybridized carbons (Fsp3) is 0.644. The van der Waals surface area contributed by atoms with Gasteiger partial charge >= 0.3 is 29.6 Å². The van der Waals surface area contributed by atoms with Gasteiger partial charge in [-0.15, -0.1) is 0 Å². The predicted molar refractivity (Wildman–Crippen MR) is 213 cm³/mol. The van der Waals surface area contributed by atoms with E-state index < -0.39 is 28.9 Å². The van der Waals surface area contributed by atoms with Crippen molar-refractivity contribution in [2.75, 3.05) is 13.1 Å². The largest absolute Gasteiger partial charge is 1.00 e. The van der Waals surface area contributed by atoms with Gasteiger partial charge in [0.1, 0.15) is 29.1 Å². The third-order valence-corrected chi connectivity index (χ3v) is 11.9. The molecule has 1 N–H and O–H groups in total. The number of nitrogens with zero attached hydrogens (tertiary/aromatic N) is 3. The Kier molecular flexibility index (Phi) is 19.4. The molecule has 1 aromatic carbocycles. The van der Waals surface area contributed by atoms with E-state index in [1.54, 1.807) is 0 Å². The van der Waals surface area contributed by atoms with Crippen LogP contribution < -0.4 is 45.4 Å². The zero-order valence-electron chi connectivity index (χ0n) is 34.7. The van der Waals surface area contributed by atoms with Crippen molar-refractivity contribution in [3.8, 4) is 0 Å². The van der Waals surface area contributed by atoms with Crippen LogP contribution in [0.3, 0.4) is 0 Å². The number of nitrogens with one attached hydrogen (secondary N) is 1. The van der Waals surface area contributed by atoms with Crippen molar-refractivity contribution in [1.29, 1.82) is 0 Å². The maximum absolute atomic E-state index is 14.7. The molecule has 1 saturated carbocycles. The first-order valence-electron chi connectivity index (χ1n) is 21.4. The summed E-state index contributed by atoms with van der Waals surface area (Å²) in [5.74, 6) is -2.38. The Morgan fingerprint density at radius 3 is 2.21 bits per heavy atom. The van der Waals surface area contributed by atoms with Gasteiger partial charge in [0.05, 0.1) is 6.54 Å². The van der Waals surface area contributed by atoms with E-state index in [1.165, 1.54) is 18.7 Å². The summed E-state index contributed by atoms with van der Waals surface area (Å²) in [6.07, 6.45) is 23.8. The number of carboxylic acid groups (broad SMARTS) is 1. The maximum atomic E-state index is 14.7. The molecule has 0 unspecified atom stereocenters. The van der Waals surface area contributed by atoms with Crippen LogP contribution in [0.4, 0.5) is 8.78 Å². The van der Waals surface area contributed by atoms with Crippen molar-refractivity contribution in [1.82, 2.24) is 19.7 Å². The third-order valence-electron chi connectivity index (χ3n) is 11.9. The van der Waals surface area contributed by atoms with Crippen LogP contribution in [0.1, 0.15) is 161 Å². The van der Waals surface area contributed by atoms with Crippen LogP contribution in [-0.4, -0.2) is 57.4 Å². The Hall–Kier alpha value is -2.86. The van der Waals surface area contributed by atoms with Crippen molar-refractivity contribution in [3.05, 3.63) is 80.8 Å². The number of allylic oxidation sites excluding steroid dienone is 2. The molecule has 3 atom stereocenters. The number of hydrogen-bond acceptors (Lipinski definition) is 6. The van der Waals surface area contributed by atoms with Crippen molar-refractivity contribution in [2.24, 2.45) is 11.8 Å². The molecule has 0 radical (unpaired) electrons. The van der Waals surface area contributed by atoms with Gasteiger partial charge in [-0.2, -0.15) is 0 Å². The molecule has 3 heterocycles. The first kappa shape index (κ1) is 46.8. The molecule has 1 aliphatic carbocycles. The summed E-state index contributed by atoms with van der Waals surface area (Å²) in [6, 6.07) is 3.33. The second-order valence-corrected chi connectivity index (χ2v) is 16.7. The molecule has 2 amide bonds. The van der Waals surface area contributed by atoms with E-state index in [4.69, 9.17) is 0 Å². The van der Waals surface area contributed by atoms with Crippen LogP contribution >= 0.6 is 0 Å². The quantitative estimate of drug-likeness (QED) is 0.105. The Morgan fingerprint density at radius 1 is 0.895 bits per heavy atom. The van der Waals surface area contributed by atoms with E-state index in [0.29, 0.717) is 42.5 Å². The molecular weight excluding hydrogens is 738 g/mol. The summed E-state index contributed by atoms with van der Waals surface area (Å²) in [6.45, 7) is 6.43. The normalized spacial score (nSPS) is 19.3. The number of pyridine rings is 1. The van der Waals surface area contributed by atoms with Gasteiger partial charge in [-0.05, 0) is 82.1 Å². The fourth-order valence-electron chi connectivity index (χ4n) is 9.06. The number of carbonyl (C=O) groups excluding carboxylic acids is 3. The number of carboxylic acids is 1. The molecule has 2 aliphatic heterocycles. The van der Waals surface area contributed by atoms with E-state index in [-0.39, 0.29) is 71.8 Å². The zero-order chi connectivity index (χ0) is 40.0.